The second kappa shape index (κ2) is 12.0. The summed E-state index contributed by atoms with van der Waals surface area (Å²) in [5.74, 6) is -2.19. The Morgan fingerprint density at radius 1 is 1.13 bits per heavy atom. The number of ether oxygens (including phenoxy) is 2. The summed E-state index contributed by atoms with van der Waals surface area (Å²) in [7, 11) is 0. The van der Waals surface area contributed by atoms with Gasteiger partial charge in [-0.2, -0.15) is 18.3 Å². The van der Waals surface area contributed by atoms with Crippen molar-refractivity contribution in [2.75, 3.05) is 44.8 Å². The third-order valence-corrected chi connectivity index (χ3v) is 5.95. The van der Waals surface area contributed by atoms with E-state index in [9.17, 15) is 22.8 Å². The van der Waals surface area contributed by atoms with Gasteiger partial charge in [0.1, 0.15) is 12.2 Å². The molecule has 1 saturated heterocycles. The molecule has 3 aromatic rings. The van der Waals surface area contributed by atoms with Gasteiger partial charge < -0.3 is 25.6 Å². The van der Waals surface area contributed by atoms with E-state index in [4.69, 9.17) is 20.3 Å². The fourth-order valence-corrected chi connectivity index (χ4v) is 3.91. The largest absolute Gasteiger partial charge is 0.478 e. The summed E-state index contributed by atoms with van der Waals surface area (Å²) in [5, 5.41) is 15.8. The summed E-state index contributed by atoms with van der Waals surface area (Å²) in [5.41, 5.74) is 5.50. The first-order chi connectivity index (χ1) is 18.6. The number of halogens is 3. The van der Waals surface area contributed by atoms with E-state index >= 15 is 0 Å². The number of carbonyl (C=O) groups excluding carboxylic acids is 1. The smallest absolute Gasteiger partial charge is 0.434 e. The van der Waals surface area contributed by atoms with Gasteiger partial charge in [-0.25, -0.2) is 14.3 Å². The van der Waals surface area contributed by atoms with Crippen molar-refractivity contribution in [1.82, 2.24) is 14.7 Å². The highest BCUT2D eigenvalue weighted by Gasteiger charge is 2.41. The first-order valence-corrected chi connectivity index (χ1v) is 11.9. The molecule has 1 aromatic heterocycles. The molecular weight excluding hydrogens is 519 g/mol. The minimum absolute atomic E-state index is 0.0566. The van der Waals surface area contributed by atoms with Crippen LogP contribution in [0.2, 0.25) is 0 Å². The number of carbonyl (C=O) groups is 2. The van der Waals surface area contributed by atoms with Crippen molar-refractivity contribution < 1.29 is 37.3 Å². The molecule has 10 nitrogen and oxygen atoms in total. The topological polar surface area (TPSA) is 132 Å². The van der Waals surface area contributed by atoms with Crippen LogP contribution >= 0.6 is 0 Å². The average molecular weight is 546 g/mol. The minimum atomic E-state index is -4.87. The highest BCUT2D eigenvalue weighted by Crippen LogP contribution is 2.34. The summed E-state index contributed by atoms with van der Waals surface area (Å²) in [6.07, 6.45) is -2.58. The number of aromatic carboxylic acids is 1. The van der Waals surface area contributed by atoms with Crippen molar-refractivity contribution in [1.29, 1.82) is 0 Å². The molecule has 0 bridgehead atoms. The van der Waals surface area contributed by atoms with Gasteiger partial charge in [-0.15, -0.1) is 0 Å². The molecule has 2 heterocycles. The Balaban J connectivity index is 1.46. The number of hydrogen-bond acceptors (Lipinski definition) is 8. The molecule has 0 spiro atoms. The molecule has 0 radical (unpaired) electrons. The zero-order chi connectivity index (χ0) is 28.0. The Morgan fingerprint density at radius 2 is 1.82 bits per heavy atom. The molecule has 4 rings (SSSR count). The number of nitrogens with one attached hydrogen (secondary N) is 1. The van der Waals surface area contributed by atoms with Crippen LogP contribution < -0.4 is 11.1 Å². The molecule has 13 heteroatoms. The maximum absolute atomic E-state index is 14.0. The fourth-order valence-electron chi connectivity index (χ4n) is 3.91. The maximum atomic E-state index is 14.0. The van der Waals surface area contributed by atoms with Gasteiger partial charge in [0.25, 0.3) is 0 Å². The van der Waals surface area contributed by atoms with Crippen molar-refractivity contribution in [3.05, 3.63) is 83.3 Å². The number of aromatic nitrogens is 2. The lowest BCUT2D eigenvalue weighted by Gasteiger charge is -2.26. The van der Waals surface area contributed by atoms with Crippen LogP contribution in [0.25, 0.3) is 11.4 Å². The zero-order valence-corrected chi connectivity index (χ0v) is 20.6. The molecule has 0 atom stereocenters. The average Bonchev–Trinajstić information content (AvgIpc) is 3.39. The molecule has 39 heavy (non-hydrogen) atoms. The number of anilines is 1. The Morgan fingerprint density at radius 3 is 2.49 bits per heavy atom. The van der Waals surface area contributed by atoms with E-state index in [-0.39, 0.29) is 23.6 Å². The first-order valence-electron chi connectivity index (χ1n) is 11.9. The predicted octanol–water partition coefficient (Wildman–Crippen LogP) is 3.45. The number of nitrogens with zero attached hydrogens (tertiary/aromatic N) is 3. The summed E-state index contributed by atoms with van der Waals surface area (Å²) in [6, 6.07) is 11.9. The van der Waals surface area contributed by atoms with Crippen LogP contribution in [0, 0.1) is 0 Å². The highest BCUT2D eigenvalue weighted by atomic mass is 19.4. The zero-order valence-electron chi connectivity index (χ0n) is 20.6. The van der Waals surface area contributed by atoms with Crippen molar-refractivity contribution >= 4 is 23.3 Å². The van der Waals surface area contributed by atoms with Crippen molar-refractivity contribution in [2.24, 2.45) is 5.73 Å². The third kappa shape index (κ3) is 6.94. The van der Waals surface area contributed by atoms with Gasteiger partial charge in [0.05, 0.1) is 36.4 Å². The molecule has 0 unspecified atom stereocenters. The van der Waals surface area contributed by atoms with E-state index in [2.05, 4.69) is 10.4 Å². The number of alkyl halides is 3. The number of benzene rings is 2. The lowest BCUT2D eigenvalue weighted by molar-refractivity contribution is -0.143. The Kier molecular flexibility index (Phi) is 8.52. The molecule has 2 aromatic carbocycles. The van der Waals surface area contributed by atoms with Crippen molar-refractivity contribution in [3.8, 4) is 5.69 Å². The second-order valence-corrected chi connectivity index (χ2v) is 8.58. The van der Waals surface area contributed by atoms with Crippen LogP contribution in [0.15, 0.2) is 60.9 Å². The van der Waals surface area contributed by atoms with Gasteiger partial charge in [0.2, 0.25) is 0 Å². The lowest BCUT2D eigenvalue weighted by atomic mass is 10.1. The molecule has 4 N–H and O–H groups in total. The summed E-state index contributed by atoms with van der Waals surface area (Å²) >= 11 is 0. The normalized spacial score (nSPS) is 14.7. The maximum Gasteiger partial charge on any atom is 0.434 e. The lowest BCUT2D eigenvalue weighted by Crippen LogP contribution is -2.38. The predicted molar refractivity (Wildman–Crippen MR) is 135 cm³/mol. The number of esters is 1. The van der Waals surface area contributed by atoms with Crippen LogP contribution in [0.4, 0.5) is 18.9 Å². The van der Waals surface area contributed by atoms with Crippen LogP contribution in [0.1, 0.15) is 32.0 Å². The molecule has 206 valence electrons. The number of rotatable bonds is 9. The quantitative estimate of drug-likeness (QED) is 0.346. The first kappa shape index (κ1) is 27.7. The van der Waals surface area contributed by atoms with E-state index in [1.165, 1.54) is 42.6 Å². The Hall–Kier alpha value is -4.36. The number of carboxylic acids is 1. The van der Waals surface area contributed by atoms with Gasteiger partial charge in [0.15, 0.2) is 5.69 Å². The van der Waals surface area contributed by atoms with Gasteiger partial charge in [-0.1, -0.05) is 12.1 Å². The van der Waals surface area contributed by atoms with Crippen molar-refractivity contribution in [2.45, 2.75) is 6.18 Å². The summed E-state index contributed by atoms with van der Waals surface area (Å²) < 4.78 is 52.9. The van der Waals surface area contributed by atoms with E-state index in [1.807, 2.05) is 4.90 Å². The number of carboxylic acid groups (broad SMARTS) is 1. The second-order valence-electron chi connectivity index (χ2n) is 8.58. The minimum Gasteiger partial charge on any atom is -0.478 e. The molecule has 0 amide bonds. The number of hydrogen-bond donors (Lipinski definition) is 3. The van der Waals surface area contributed by atoms with Gasteiger partial charge >= 0.3 is 18.1 Å². The molecule has 0 aliphatic carbocycles. The Bertz CT molecular complexity index is 1350. The number of morpholine rings is 1. The van der Waals surface area contributed by atoms with Crippen molar-refractivity contribution in [3.63, 3.8) is 0 Å². The van der Waals surface area contributed by atoms with E-state index in [0.29, 0.717) is 48.8 Å². The van der Waals surface area contributed by atoms with Crippen LogP contribution in [0.5, 0.6) is 0 Å². The fraction of sp³-hybridized carbons (Fsp3) is 0.269. The van der Waals surface area contributed by atoms with Gasteiger partial charge in [0, 0.05) is 31.5 Å². The van der Waals surface area contributed by atoms with Gasteiger partial charge in [-0.3, -0.25) is 4.90 Å². The van der Waals surface area contributed by atoms with E-state index in [0.717, 1.165) is 6.20 Å². The Labute approximate surface area is 221 Å². The third-order valence-electron chi connectivity index (χ3n) is 5.95. The number of nitrogens with two attached hydrogens (primary N) is 1. The molecular formula is C26H26F3N5O5. The standard InChI is InChI=1S/C26H26F3N5O5/c27-26(28,29)23-21(25(37)39-13-10-33-8-11-38-12-9-33)15-32-34(23)20-6-4-19(5-7-20)31-16-22(30)17-2-1-3-18(14-17)24(35)36/h1-7,14-16,31H,8-13,30H2,(H,35,36)/b22-16-. The molecule has 1 aliphatic heterocycles. The highest BCUT2D eigenvalue weighted by molar-refractivity contribution is 5.91. The molecule has 0 saturated carbocycles. The van der Waals surface area contributed by atoms with E-state index < -0.39 is 29.4 Å². The summed E-state index contributed by atoms with van der Waals surface area (Å²) in [6.45, 7) is 2.76. The summed E-state index contributed by atoms with van der Waals surface area (Å²) in [4.78, 5) is 25.6. The van der Waals surface area contributed by atoms with Crippen LogP contribution in [-0.4, -0.2) is 71.2 Å². The van der Waals surface area contributed by atoms with E-state index in [1.54, 1.807) is 12.1 Å². The van der Waals surface area contributed by atoms with Crippen LogP contribution in [-0.2, 0) is 15.7 Å². The SMILES string of the molecule is N/C(=C\Nc1ccc(-n2ncc(C(=O)OCCN3CCOCC3)c2C(F)(F)F)cc1)c1cccc(C(=O)O)c1. The monoisotopic (exact) mass is 545 g/mol. The molecule has 1 aliphatic rings. The van der Waals surface area contributed by atoms with Gasteiger partial charge in [-0.05, 0) is 42.0 Å². The van der Waals surface area contributed by atoms with Crippen LogP contribution in [0.3, 0.4) is 0 Å². The molecule has 1 fully saturated rings.